The molecule has 1 saturated heterocycles. The first kappa shape index (κ1) is 16.7. The number of rotatable bonds is 4. The second-order valence-electron chi connectivity index (χ2n) is 5.86. The third kappa shape index (κ3) is 2.43. The number of nitrogens with two attached hydrogens (primary N) is 1. The molecular formula is C16H16N2O5S. The molecule has 1 amide bonds. The van der Waals surface area contributed by atoms with Gasteiger partial charge in [-0.05, 0) is 42.5 Å². The van der Waals surface area contributed by atoms with E-state index in [1.165, 1.54) is 11.8 Å². The van der Waals surface area contributed by atoms with E-state index in [0.29, 0.717) is 35.1 Å². The molecule has 1 aromatic carbocycles. The predicted octanol–water partition coefficient (Wildman–Crippen LogP) is 0.841. The lowest BCUT2D eigenvalue weighted by atomic mass is 9.82. The number of carbonyl (C=O) groups is 3. The smallest absolute Gasteiger partial charge is 0.352 e. The standard InChI is InChI=1S/C16H16N2O5S/c1-7(19)12-11-6-10(13(15(21)22)18(11)14(12)20)8-3-2-4-9(5-8)16(23)24-17/h2-5,7,11-12,19H,6,17H2,1H3,(H,21,22)/t7-,11-,12-/m1/s1. The van der Waals surface area contributed by atoms with E-state index in [1.54, 1.807) is 24.3 Å². The normalized spacial score (nSPS) is 23.8. The van der Waals surface area contributed by atoms with Crippen molar-refractivity contribution in [3.8, 4) is 0 Å². The largest absolute Gasteiger partial charge is 0.477 e. The van der Waals surface area contributed by atoms with Crippen LogP contribution in [-0.4, -0.2) is 44.3 Å². The third-order valence-electron chi connectivity index (χ3n) is 4.48. The van der Waals surface area contributed by atoms with Crippen LogP contribution in [0.1, 0.15) is 29.3 Å². The molecule has 3 rings (SSSR count). The van der Waals surface area contributed by atoms with Gasteiger partial charge < -0.3 is 15.1 Å². The summed E-state index contributed by atoms with van der Waals surface area (Å²) in [5, 5.41) is 24.2. The Morgan fingerprint density at radius 1 is 1.42 bits per heavy atom. The van der Waals surface area contributed by atoms with E-state index >= 15 is 0 Å². The predicted molar refractivity (Wildman–Crippen MR) is 87.5 cm³/mol. The van der Waals surface area contributed by atoms with Gasteiger partial charge in [-0.25, -0.2) is 4.79 Å². The molecule has 1 fully saturated rings. The van der Waals surface area contributed by atoms with Crippen molar-refractivity contribution in [3.63, 3.8) is 0 Å². The molecule has 0 spiro atoms. The SMILES string of the molecule is C[C@@H](O)[C@H]1C(=O)N2C(C(=O)O)=C(c3cccc(C(=O)SN)c3)C[C@H]12. The molecule has 2 aliphatic rings. The fraction of sp³-hybridized carbons (Fsp3) is 0.312. The van der Waals surface area contributed by atoms with Gasteiger partial charge >= 0.3 is 5.97 Å². The summed E-state index contributed by atoms with van der Waals surface area (Å²) in [6.07, 6.45) is -0.509. The highest BCUT2D eigenvalue weighted by Crippen LogP contribution is 2.46. The maximum absolute atomic E-state index is 12.2. The molecule has 0 aliphatic carbocycles. The monoisotopic (exact) mass is 348 g/mol. The van der Waals surface area contributed by atoms with E-state index in [2.05, 4.69) is 0 Å². The van der Waals surface area contributed by atoms with Gasteiger partial charge in [-0.3, -0.25) is 14.7 Å². The molecule has 8 heteroatoms. The summed E-state index contributed by atoms with van der Waals surface area (Å²) >= 11 is 0.585. The van der Waals surface area contributed by atoms with Gasteiger partial charge in [0.05, 0.1) is 18.1 Å². The first-order chi connectivity index (χ1) is 11.4. The molecular weight excluding hydrogens is 332 g/mol. The summed E-state index contributed by atoms with van der Waals surface area (Å²) in [6.45, 7) is 1.52. The molecule has 1 aromatic rings. The van der Waals surface area contributed by atoms with Crippen LogP contribution in [-0.2, 0) is 9.59 Å². The Morgan fingerprint density at radius 3 is 2.71 bits per heavy atom. The van der Waals surface area contributed by atoms with E-state index in [9.17, 15) is 24.6 Å². The van der Waals surface area contributed by atoms with E-state index in [1.807, 2.05) is 0 Å². The zero-order valence-electron chi connectivity index (χ0n) is 12.8. The van der Waals surface area contributed by atoms with Crippen LogP contribution in [0, 0.1) is 5.92 Å². The average Bonchev–Trinajstić information content (AvgIpc) is 2.89. The third-order valence-corrected chi connectivity index (χ3v) is 4.93. The van der Waals surface area contributed by atoms with Crippen molar-refractivity contribution in [2.24, 2.45) is 11.1 Å². The number of β-lactam (4-membered cyclic amide) rings is 1. The van der Waals surface area contributed by atoms with Crippen LogP contribution in [0.4, 0.5) is 0 Å². The van der Waals surface area contributed by atoms with Crippen LogP contribution in [0.5, 0.6) is 0 Å². The fourth-order valence-electron chi connectivity index (χ4n) is 3.43. The lowest BCUT2D eigenvalue weighted by Gasteiger charge is -2.44. The van der Waals surface area contributed by atoms with E-state index in [-0.39, 0.29) is 22.8 Å². The van der Waals surface area contributed by atoms with Gasteiger partial charge in [0.15, 0.2) is 0 Å². The number of amides is 1. The van der Waals surface area contributed by atoms with Gasteiger partial charge in [0.1, 0.15) is 5.70 Å². The number of fused-ring (bicyclic) bond motifs is 1. The van der Waals surface area contributed by atoms with E-state index in [4.69, 9.17) is 5.14 Å². The Balaban J connectivity index is 2.03. The van der Waals surface area contributed by atoms with E-state index in [0.717, 1.165) is 0 Å². The molecule has 0 aromatic heterocycles. The Labute approximate surface area is 142 Å². The molecule has 0 saturated carbocycles. The summed E-state index contributed by atoms with van der Waals surface area (Å²) < 4.78 is 0. The number of aliphatic carboxylic acids is 1. The van der Waals surface area contributed by atoms with Crippen molar-refractivity contribution in [2.75, 3.05) is 0 Å². The van der Waals surface area contributed by atoms with Gasteiger partial charge in [0.25, 0.3) is 0 Å². The van der Waals surface area contributed by atoms with E-state index < -0.39 is 18.0 Å². The average molecular weight is 348 g/mol. The lowest BCUT2D eigenvalue weighted by Crippen LogP contribution is -2.61. The first-order valence-electron chi connectivity index (χ1n) is 7.36. The maximum atomic E-state index is 12.2. The molecule has 126 valence electrons. The zero-order valence-corrected chi connectivity index (χ0v) is 13.6. The molecule has 4 N–H and O–H groups in total. The fourth-order valence-corrected chi connectivity index (χ4v) is 3.69. The van der Waals surface area contributed by atoms with Crippen molar-refractivity contribution >= 4 is 34.5 Å². The van der Waals surface area contributed by atoms with Gasteiger partial charge in [-0.15, -0.1) is 0 Å². The number of carboxylic acid groups (broad SMARTS) is 1. The number of benzene rings is 1. The lowest BCUT2D eigenvalue weighted by molar-refractivity contribution is -0.161. The highest BCUT2D eigenvalue weighted by atomic mass is 32.2. The minimum atomic E-state index is -1.20. The number of aliphatic hydroxyl groups excluding tert-OH is 1. The van der Waals surface area contributed by atoms with Gasteiger partial charge in [-0.2, -0.15) is 0 Å². The summed E-state index contributed by atoms with van der Waals surface area (Å²) in [6, 6.07) is 6.16. The molecule has 7 nitrogen and oxygen atoms in total. The highest BCUT2D eigenvalue weighted by molar-refractivity contribution is 8.12. The quantitative estimate of drug-likeness (QED) is 0.544. The van der Waals surface area contributed by atoms with Gasteiger partial charge in [0.2, 0.25) is 11.0 Å². The number of hydrogen-bond acceptors (Lipinski definition) is 6. The minimum absolute atomic E-state index is 0.0769. The topological polar surface area (TPSA) is 121 Å². The molecule has 2 aliphatic heterocycles. The second kappa shape index (κ2) is 6.04. The van der Waals surface area contributed by atoms with Crippen molar-refractivity contribution in [2.45, 2.75) is 25.5 Å². The van der Waals surface area contributed by atoms with Crippen LogP contribution in [0.3, 0.4) is 0 Å². The first-order valence-corrected chi connectivity index (χ1v) is 8.23. The van der Waals surface area contributed by atoms with Crippen LogP contribution < -0.4 is 5.14 Å². The Hall–Kier alpha value is -2.16. The summed E-state index contributed by atoms with van der Waals surface area (Å²) in [7, 11) is 0. The van der Waals surface area contributed by atoms with Gasteiger partial charge in [-0.1, -0.05) is 18.2 Å². The molecule has 0 radical (unpaired) electrons. The molecule has 24 heavy (non-hydrogen) atoms. The van der Waals surface area contributed by atoms with Crippen LogP contribution in [0.2, 0.25) is 0 Å². The summed E-state index contributed by atoms with van der Waals surface area (Å²) in [4.78, 5) is 36.8. The van der Waals surface area contributed by atoms with Crippen molar-refractivity contribution < 1.29 is 24.6 Å². The Morgan fingerprint density at radius 2 is 2.12 bits per heavy atom. The number of carboxylic acids is 1. The summed E-state index contributed by atoms with van der Waals surface area (Å²) in [5.74, 6) is -2.18. The minimum Gasteiger partial charge on any atom is -0.477 e. The van der Waals surface area contributed by atoms with Crippen LogP contribution >= 0.6 is 11.9 Å². The number of hydrogen-bond donors (Lipinski definition) is 3. The molecule has 0 bridgehead atoms. The van der Waals surface area contributed by atoms with Crippen LogP contribution in [0.25, 0.3) is 5.57 Å². The summed E-state index contributed by atoms with van der Waals surface area (Å²) in [5.41, 5.74) is 1.34. The molecule has 2 heterocycles. The van der Waals surface area contributed by atoms with Crippen molar-refractivity contribution in [3.05, 3.63) is 41.1 Å². The maximum Gasteiger partial charge on any atom is 0.352 e. The second-order valence-corrected chi connectivity index (χ2v) is 6.47. The van der Waals surface area contributed by atoms with Crippen LogP contribution in [0.15, 0.2) is 30.0 Å². The number of nitrogens with zero attached hydrogens (tertiary/aromatic N) is 1. The highest BCUT2D eigenvalue weighted by Gasteiger charge is 2.56. The number of carbonyl (C=O) groups excluding carboxylic acids is 2. The molecule has 0 unspecified atom stereocenters. The van der Waals surface area contributed by atoms with Crippen molar-refractivity contribution in [1.82, 2.24) is 4.90 Å². The van der Waals surface area contributed by atoms with Crippen molar-refractivity contribution in [1.29, 1.82) is 0 Å². The molecule has 3 atom stereocenters. The Kier molecular flexibility index (Phi) is 4.20. The zero-order chi connectivity index (χ0) is 17.6. The van der Waals surface area contributed by atoms with Gasteiger partial charge in [0, 0.05) is 5.56 Å². The number of aliphatic hydroxyl groups is 1. The Bertz CT molecular complexity index is 773.